The summed E-state index contributed by atoms with van der Waals surface area (Å²) in [6, 6.07) is 17.6. The van der Waals surface area contributed by atoms with E-state index in [0.29, 0.717) is 5.02 Å². The molecular weight excluding hydrogens is 306 g/mol. The molecule has 0 aliphatic heterocycles. The van der Waals surface area contributed by atoms with Crippen LogP contribution in [0, 0.1) is 0 Å². The Balaban J connectivity index is 2.04. The molecule has 0 radical (unpaired) electrons. The first-order valence-electron chi connectivity index (χ1n) is 7.92. The molecule has 1 N–H and O–H groups in total. The van der Waals surface area contributed by atoms with Crippen LogP contribution in [0.25, 0.3) is 6.08 Å². The molecule has 0 saturated heterocycles. The lowest BCUT2D eigenvalue weighted by Gasteiger charge is -2.37. The zero-order valence-electron chi connectivity index (χ0n) is 13.2. The normalized spacial score (nSPS) is 23.2. The van der Waals surface area contributed by atoms with Gasteiger partial charge in [0.05, 0.1) is 0 Å². The maximum absolute atomic E-state index is 13.2. The van der Waals surface area contributed by atoms with Gasteiger partial charge < -0.3 is 5.32 Å². The Morgan fingerprint density at radius 1 is 1.09 bits per heavy atom. The Hall–Kier alpha value is -1.90. The van der Waals surface area contributed by atoms with Crippen LogP contribution in [0.1, 0.15) is 30.4 Å². The second kappa shape index (κ2) is 6.69. The minimum absolute atomic E-state index is 0.128. The fourth-order valence-corrected chi connectivity index (χ4v) is 3.67. The molecule has 1 unspecified atom stereocenters. The van der Waals surface area contributed by atoms with E-state index in [-0.39, 0.29) is 5.78 Å². The molecule has 1 fully saturated rings. The molecule has 0 heterocycles. The minimum atomic E-state index is -0.725. The molecule has 1 aliphatic rings. The molecule has 118 valence electrons. The lowest BCUT2D eigenvalue weighted by Crippen LogP contribution is -2.50. The summed E-state index contributed by atoms with van der Waals surface area (Å²) >= 11 is 6.39. The van der Waals surface area contributed by atoms with E-state index in [9.17, 15) is 4.79 Å². The number of halogens is 1. The molecule has 23 heavy (non-hydrogen) atoms. The van der Waals surface area contributed by atoms with Crippen LogP contribution in [0.2, 0.25) is 5.02 Å². The second-order valence-corrected chi connectivity index (χ2v) is 6.31. The van der Waals surface area contributed by atoms with Gasteiger partial charge in [-0.15, -0.1) is 0 Å². The van der Waals surface area contributed by atoms with E-state index in [1.807, 2.05) is 67.7 Å². The first kappa shape index (κ1) is 16.0. The van der Waals surface area contributed by atoms with Gasteiger partial charge in [-0.25, -0.2) is 0 Å². The van der Waals surface area contributed by atoms with Crippen LogP contribution in [0.5, 0.6) is 0 Å². The highest BCUT2D eigenvalue weighted by Gasteiger charge is 2.43. The SMILES string of the molecule is CNC1(c2ccccc2Cl)CCCC(=Cc2ccccc2)C1=O. The van der Waals surface area contributed by atoms with Crippen molar-refractivity contribution >= 4 is 23.5 Å². The average Bonchev–Trinajstić information content (AvgIpc) is 2.59. The van der Waals surface area contributed by atoms with Gasteiger partial charge in [0.1, 0.15) is 5.54 Å². The van der Waals surface area contributed by atoms with Crippen molar-refractivity contribution in [3.05, 3.63) is 76.3 Å². The molecule has 1 atom stereocenters. The molecule has 3 rings (SSSR count). The largest absolute Gasteiger partial charge is 0.304 e. The second-order valence-electron chi connectivity index (χ2n) is 5.90. The average molecular weight is 326 g/mol. The Labute approximate surface area is 142 Å². The fraction of sp³-hybridized carbons (Fsp3) is 0.250. The van der Waals surface area contributed by atoms with Crippen molar-refractivity contribution in [2.45, 2.75) is 24.8 Å². The Morgan fingerprint density at radius 3 is 2.48 bits per heavy atom. The molecule has 1 saturated carbocycles. The monoisotopic (exact) mass is 325 g/mol. The number of rotatable bonds is 3. The fourth-order valence-electron chi connectivity index (χ4n) is 3.37. The molecule has 0 amide bonds. The van der Waals surface area contributed by atoms with Crippen LogP contribution < -0.4 is 5.32 Å². The standard InChI is InChI=1S/C20H20ClNO/c1-22-20(17-11-5-6-12-18(17)21)13-7-10-16(19(20)23)14-15-8-3-2-4-9-15/h2-6,8-9,11-12,14,22H,7,10,13H2,1H3. The number of carbonyl (C=O) groups excluding carboxylic acids is 1. The quantitative estimate of drug-likeness (QED) is 0.836. The van der Waals surface area contributed by atoms with E-state index in [4.69, 9.17) is 11.6 Å². The summed E-state index contributed by atoms with van der Waals surface area (Å²) < 4.78 is 0. The Morgan fingerprint density at radius 2 is 1.78 bits per heavy atom. The van der Waals surface area contributed by atoms with Crippen molar-refractivity contribution < 1.29 is 4.79 Å². The summed E-state index contributed by atoms with van der Waals surface area (Å²) in [5, 5.41) is 3.90. The van der Waals surface area contributed by atoms with Gasteiger partial charge in [-0.1, -0.05) is 60.1 Å². The third kappa shape index (κ3) is 2.97. The highest BCUT2D eigenvalue weighted by molar-refractivity contribution is 6.32. The molecule has 0 spiro atoms. The highest BCUT2D eigenvalue weighted by Crippen LogP contribution is 2.40. The number of benzene rings is 2. The number of nitrogens with one attached hydrogen (secondary N) is 1. The van der Waals surface area contributed by atoms with Crippen molar-refractivity contribution in [2.24, 2.45) is 0 Å². The zero-order chi connectivity index (χ0) is 16.3. The summed E-state index contributed by atoms with van der Waals surface area (Å²) in [7, 11) is 1.84. The number of likely N-dealkylation sites (N-methyl/N-ethyl adjacent to an activating group) is 1. The summed E-state index contributed by atoms with van der Waals surface area (Å²) in [6.07, 6.45) is 4.53. The van der Waals surface area contributed by atoms with Crippen LogP contribution in [0.4, 0.5) is 0 Å². The topological polar surface area (TPSA) is 29.1 Å². The lowest BCUT2D eigenvalue weighted by molar-refractivity contribution is -0.123. The van der Waals surface area contributed by atoms with Crippen molar-refractivity contribution in [1.29, 1.82) is 0 Å². The van der Waals surface area contributed by atoms with Gasteiger partial charge in [0.25, 0.3) is 0 Å². The Bertz CT molecular complexity index is 738. The molecule has 0 aromatic heterocycles. The number of ketones is 1. The van der Waals surface area contributed by atoms with E-state index in [2.05, 4.69) is 5.32 Å². The highest BCUT2D eigenvalue weighted by atomic mass is 35.5. The molecule has 2 aromatic carbocycles. The van der Waals surface area contributed by atoms with Crippen molar-refractivity contribution in [3.63, 3.8) is 0 Å². The molecule has 2 aromatic rings. The zero-order valence-corrected chi connectivity index (χ0v) is 13.9. The summed E-state index contributed by atoms with van der Waals surface area (Å²) in [4.78, 5) is 13.2. The molecular formula is C20H20ClNO. The van der Waals surface area contributed by atoms with E-state index in [1.165, 1.54) is 0 Å². The van der Waals surface area contributed by atoms with Crippen LogP contribution >= 0.6 is 11.6 Å². The van der Waals surface area contributed by atoms with E-state index < -0.39 is 5.54 Å². The van der Waals surface area contributed by atoms with E-state index in [0.717, 1.165) is 36.0 Å². The predicted octanol–water partition coefficient (Wildman–Crippen LogP) is 4.59. The maximum Gasteiger partial charge on any atom is 0.183 e. The van der Waals surface area contributed by atoms with Crippen LogP contribution in [0.3, 0.4) is 0 Å². The van der Waals surface area contributed by atoms with Gasteiger partial charge in [-0.05, 0) is 55.2 Å². The van der Waals surface area contributed by atoms with Crippen LogP contribution in [-0.2, 0) is 10.3 Å². The lowest BCUT2D eigenvalue weighted by atomic mass is 9.73. The van der Waals surface area contributed by atoms with E-state index >= 15 is 0 Å². The summed E-state index contributed by atoms with van der Waals surface area (Å²) in [5.74, 6) is 0.128. The third-order valence-electron chi connectivity index (χ3n) is 4.58. The maximum atomic E-state index is 13.2. The number of hydrogen-bond donors (Lipinski definition) is 1. The minimum Gasteiger partial charge on any atom is -0.304 e. The van der Waals surface area contributed by atoms with Gasteiger partial charge in [-0.3, -0.25) is 4.79 Å². The summed E-state index contributed by atoms with van der Waals surface area (Å²) in [5.41, 5.74) is 2.06. The first-order chi connectivity index (χ1) is 11.2. The number of Topliss-reactive ketones (excluding diaryl/α,β-unsaturated/α-hetero) is 1. The van der Waals surface area contributed by atoms with Crippen molar-refractivity contribution in [1.82, 2.24) is 5.32 Å². The number of carbonyl (C=O) groups is 1. The van der Waals surface area contributed by atoms with Gasteiger partial charge in [0, 0.05) is 5.02 Å². The molecule has 1 aliphatic carbocycles. The van der Waals surface area contributed by atoms with Crippen molar-refractivity contribution in [2.75, 3.05) is 7.05 Å². The third-order valence-corrected chi connectivity index (χ3v) is 4.91. The van der Waals surface area contributed by atoms with Gasteiger partial charge in [0.15, 0.2) is 5.78 Å². The molecule has 2 nitrogen and oxygen atoms in total. The summed E-state index contributed by atoms with van der Waals surface area (Å²) in [6.45, 7) is 0. The van der Waals surface area contributed by atoms with Gasteiger partial charge >= 0.3 is 0 Å². The Kier molecular flexibility index (Phi) is 4.65. The molecule has 0 bridgehead atoms. The van der Waals surface area contributed by atoms with Crippen molar-refractivity contribution in [3.8, 4) is 0 Å². The van der Waals surface area contributed by atoms with Gasteiger partial charge in [0.2, 0.25) is 0 Å². The van der Waals surface area contributed by atoms with Gasteiger partial charge in [-0.2, -0.15) is 0 Å². The molecule has 3 heteroatoms. The first-order valence-corrected chi connectivity index (χ1v) is 8.29. The van der Waals surface area contributed by atoms with Crippen LogP contribution in [-0.4, -0.2) is 12.8 Å². The smallest absolute Gasteiger partial charge is 0.183 e. The van der Waals surface area contributed by atoms with Crippen LogP contribution in [0.15, 0.2) is 60.2 Å². The predicted molar refractivity (Wildman–Crippen MR) is 95.5 cm³/mol. The van der Waals surface area contributed by atoms with E-state index in [1.54, 1.807) is 0 Å². The number of hydrogen-bond acceptors (Lipinski definition) is 2.